The summed E-state index contributed by atoms with van der Waals surface area (Å²) in [4.78, 5) is 8.88. The van der Waals surface area contributed by atoms with Crippen molar-refractivity contribution in [2.75, 3.05) is 47.4 Å². The lowest BCUT2D eigenvalue weighted by atomic mass is 10.1. The summed E-state index contributed by atoms with van der Waals surface area (Å²) in [5.74, 6) is 2.01. The molecular weight excluding hydrogens is 524 g/mol. The van der Waals surface area contributed by atoms with E-state index in [4.69, 9.17) is 14.7 Å². The molecule has 0 aromatic heterocycles. The van der Waals surface area contributed by atoms with Gasteiger partial charge in [-0.15, -0.1) is 24.0 Å². The van der Waals surface area contributed by atoms with Crippen LogP contribution < -0.4 is 14.8 Å². The number of hydrogen-bond acceptors (Lipinski definition) is 5. The van der Waals surface area contributed by atoms with Crippen molar-refractivity contribution in [2.45, 2.75) is 13.1 Å². The SMILES string of the molecule is CN=C(NCc1ccc(C#N)cc1F)N1CCN(Cc2cc(OC)ccc2OC)CC1.I. The van der Waals surface area contributed by atoms with Crippen LogP contribution in [0.2, 0.25) is 0 Å². The van der Waals surface area contributed by atoms with E-state index in [1.165, 1.54) is 6.07 Å². The van der Waals surface area contributed by atoms with Gasteiger partial charge in [-0.3, -0.25) is 9.89 Å². The topological polar surface area (TPSA) is 73.1 Å². The van der Waals surface area contributed by atoms with E-state index in [1.54, 1.807) is 33.4 Å². The summed E-state index contributed by atoms with van der Waals surface area (Å²) in [6.07, 6.45) is 0. The van der Waals surface area contributed by atoms with Gasteiger partial charge in [-0.2, -0.15) is 5.26 Å². The maximum absolute atomic E-state index is 14.1. The van der Waals surface area contributed by atoms with Crippen LogP contribution in [-0.4, -0.2) is 63.2 Å². The molecule has 1 heterocycles. The van der Waals surface area contributed by atoms with Gasteiger partial charge in [-0.1, -0.05) is 6.07 Å². The molecule has 1 N–H and O–H groups in total. The first-order chi connectivity index (χ1) is 15.1. The van der Waals surface area contributed by atoms with Gasteiger partial charge in [-0.05, 0) is 30.3 Å². The highest BCUT2D eigenvalue weighted by molar-refractivity contribution is 14.0. The summed E-state index contributed by atoms with van der Waals surface area (Å²) >= 11 is 0. The summed E-state index contributed by atoms with van der Waals surface area (Å²) in [5.41, 5.74) is 1.91. The number of hydrogen-bond donors (Lipinski definition) is 1. The predicted octanol–water partition coefficient (Wildman–Crippen LogP) is 3.23. The minimum atomic E-state index is -0.390. The van der Waals surface area contributed by atoms with E-state index in [9.17, 15) is 4.39 Å². The predicted molar refractivity (Wildman–Crippen MR) is 133 cm³/mol. The third-order valence-corrected chi connectivity index (χ3v) is 5.38. The van der Waals surface area contributed by atoms with E-state index in [1.807, 2.05) is 24.3 Å². The molecule has 0 atom stereocenters. The third kappa shape index (κ3) is 6.46. The molecule has 2 aromatic carbocycles. The van der Waals surface area contributed by atoms with Gasteiger partial charge in [0.15, 0.2) is 5.96 Å². The molecule has 172 valence electrons. The van der Waals surface area contributed by atoms with Crippen molar-refractivity contribution in [1.29, 1.82) is 5.26 Å². The average Bonchev–Trinajstić information content (AvgIpc) is 2.81. The van der Waals surface area contributed by atoms with E-state index >= 15 is 0 Å². The van der Waals surface area contributed by atoms with Crippen molar-refractivity contribution in [3.63, 3.8) is 0 Å². The van der Waals surface area contributed by atoms with Gasteiger partial charge in [0.2, 0.25) is 0 Å². The molecule has 2 aromatic rings. The lowest BCUT2D eigenvalue weighted by molar-refractivity contribution is 0.171. The number of methoxy groups -OCH3 is 2. The first-order valence-electron chi connectivity index (χ1n) is 10.1. The molecule has 0 amide bonds. The maximum Gasteiger partial charge on any atom is 0.194 e. The molecule has 0 unspecified atom stereocenters. The van der Waals surface area contributed by atoms with Crippen molar-refractivity contribution in [3.05, 3.63) is 58.9 Å². The number of nitrogens with one attached hydrogen (secondary N) is 1. The molecule has 1 aliphatic heterocycles. The Balaban J connectivity index is 0.00000363. The van der Waals surface area contributed by atoms with Gasteiger partial charge in [0.25, 0.3) is 0 Å². The van der Waals surface area contributed by atoms with Gasteiger partial charge < -0.3 is 19.7 Å². The first kappa shape index (κ1) is 25.7. The molecule has 1 aliphatic rings. The average molecular weight is 553 g/mol. The molecular formula is C23H29FIN5O2. The second kappa shape index (κ2) is 12.5. The number of benzene rings is 2. The highest BCUT2D eigenvalue weighted by Crippen LogP contribution is 2.25. The van der Waals surface area contributed by atoms with Crippen LogP contribution in [0.3, 0.4) is 0 Å². The van der Waals surface area contributed by atoms with Crippen molar-refractivity contribution < 1.29 is 13.9 Å². The minimum absolute atomic E-state index is 0. The number of ether oxygens (including phenoxy) is 2. The number of guanidine groups is 1. The Labute approximate surface area is 205 Å². The van der Waals surface area contributed by atoms with E-state index in [0.29, 0.717) is 17.7 Å². The molecule has 32 heavy (non-hydrogen) atoms. The molecule has 9 heteroatoms. The van der Waals surface area contributed by atoms with Crippen molar-refractivity contribution in [3.8, 4) is 17.6 Å². The van der Waals surface area contributed by atoms with Gasteiger partial charge in [-0.25, -0.2) is 4.39 Å². The molecule has 3 rings (SSSR count). The fraction of sp³-hybridized carbons (Fsp3) is 0.391. The molecule has 0 radical (unpaired) electrons. The fourth-order valence-corrected chi connectivity index (χ4v) is 3.63. The molecule has 0 bridgehead atoms. The lowest BCUT2D eigenvalue weighted by Crippen LogP contribution is -2.52. The normalized spacial score (nSPS) is 14.3. The quantitative estimate of drug-likeness (QED) is 0.337. The minimum Gasteiger partial charge on any atom is -0.497 e. The number of halogens is 2. The van der Waals surface area contributed by atoms with Crippen LogP contribution in [0.15, 0.2) is 41.4 Å². The number of rotatable bonds is 6. The second-order valence-corrected chi connectivity index (χ2v) is 7.26. The largest absolute Gasteiger partial charge is 0.497 e. The van der Waals surface area contributed by atoms with Crippen LogP contribution in [0.1, 0.15) is 16.7 Å². The van der Waals surface area contributed by atoms with Crippen molar-refractivity contribution in [1.82, 2.24) is 15.1 Å². The van der Waals surface area contributed by atoms with E-state index in [-0.39, 0.29) is 29.8 Å². The zero-order valence-corrected chi connectivity index (χ0v) is 20.9. The Hall–Kier alpha value is -2.58. The smallest absolute Gasteiger partial charge is 0.194 e. The zero-order chi connectivity index (χ0) is 22.2. The van der Waals surface area contributed by atoms with Crippen LogP contribution in [-0.2, 0) is 13.1 Å². The monoisotopic (exact) mass is 553 g/mol. The summed E-state index contributed by atoms with van der Waals surface area (Å²) in [6.45, 7) is 4.43. The van der Waals surface area contributed by atoms with Crippen LogP contribution in [0.25, 0.3) is 0 Å². The Kier molecular flexibility index (Phi) is 9.99. The van der Waals surface area contributed by atoms with Crippen molar-refractivity contribution in [2.24, 2.45) is 4.99 Å². The van der Waals surface area contributed by atoms with E-state index in [2.05, 4.69) is 20.1 Å². The molecule has 0 aliphatic carbocycles. The fourth-order valence-electron chi connectivity index (χ4n) is 3.63. The van der Waals surface area contributed by atoms with E-state index in [0.717, 1.165) is 55.7 Å². The Morgan fingerprint density at radius 3 is 2.44 bits per heavy atom. The standard InChI is InChI=1S/C23H28FN5O2.HI/c1-26-23(27-15-18-5-4-17(14-25)12-21(18)24)29-10-8-28(9-11-29)16-19-13-20(30-2)6-7-22(19)31-3;/h4-7,12-13H,8-11,15-16H2,1-3H3,(H,26,27);1H. The first-order valence-corrected chi connectivity index (χ1v) is 10.1. The van der Waals surface area contributed by atoms with Gasteiger partial charge in [0.05, 0.1) is 25.9 Å². The molecule has 0 spiro atoms. The highest BCUT2D eigenvalue weighted by atomic mass is 127. The number of piperazine rings is 1. The Morgan fingerprint density at radius 1 is 1.09 bits per heavy atom. The van der Waals surface area contributed by atoms with Crippen molar-refractivity contribution >= 4 is 29.9 Å². The maximum atomic E-state index is 14.1. The second-order valence-electron chi connectivity index (χ2n) is 7.26. The van der Waals surface area contributed by atoms with Crippen LogP contribution in [0, 0.1) is 17.1 Å². The number of nitrogens with zero attached hydrogens (tertiary/aromatic N) is 4. The molecule has 1 fully saturated rings. The number of nitriles is 1. The summed E-state index contributed by atoms with van der Waals surface area (Å²) in [7, 11) is 5.06. The van der Waals surface area contributed by atoms with E-state index < -0.39 is 0 Å². The van der Waals surface area contributed by atoms with Crippen LogP contribution in [0.4, 0.5) is 4.39 Å². The van der Waals surface area contributed by atoms with Gasteiger partial charge in [0.1, 0.15) is 17.3 Å². The lowest BCUT2D eigenvalue weighted by Gasteiger charge is -2.36. The molecule has 7 nitrogen and oxygen atoms in total. The summed E-state index contributed by atoms with van der Waals surface area (Å²) in [5, 5.41) is 12.1. The zero-order valence-electron chi connectivity index (χ0n) is 18.6. The van der Waals surface area contributed by atoms with Crippen LogP contribution >= 0.6 is 24.0 Å². The Morgan fingerprint density at radius 2 is 1.84 bits per heavy atom. The Bertz CT molecular complexity index is 971. The number of aliphatic imine (C=N–C) groups is 1. The summed E-state index contributed by atoms with van der Waals surface area (Å²) < 4.78 is 25.0. The molecule has 1 saturated heterocycles. The highest BCUT2D eigenvalue weighted by Gasteiger charge is 2.21. The molecule has 0 saturated carbocycles. The van der Waals surface area contributed by atoms with Gasteiger partial charge >= 0.3 is 0 Å². The summed E-state index contributed by atoms with van der Waals surface area (Å²) in [6, 6.07) is 12.3. The van der Waals surface area contributed by atoms with Gasteiger partial charge in [0, 0.05) is 57.4 Å². The van der Waals surface area contributed by atoms with Crippen LogP contribution in [0.5, 0.6) is 11.5 Å². The third-order valence-electron chi connectivity index (χ3n) is 5.38.